The van der Waals surface area contributed by atoms with Crippen LogP contribution in [0.5, 0.6) is 0 Å². The lowest BCUT2D eigenvalue weighted by Crippen LogP contribution is -2.35. The van der Waals surface area contributed by atoms with Gasteiger partial charge in [-0.25, -0.2) is 0 Å². The van der Waals surface area contributed by atoms with Crippen LogP contribution >= 0.6 is 15.9 Å². The molecular weight excluding hydrogens is 324 g/mol. The van der Waals surface area contributed by atoms with Gasteiger partial charge in [-0.15, -0.1) is 0 Å². The predicted molar refractivity (Wildman–Crippen MR) is 94.1 cm³/mol. The van der Waals surface area contributed by atoms with Crippen molar-refractivity contribution >= 4 is 15.9 Å². The molecule has 0 bridgehead atoms. The minimum Gasteiger partial charge on any atom is -0.377 e. The van der Waals surface area contributed by atoms with Gasteiger partial charge in [0.05, 0.1) is 12.7 Å². The molecule has 1 aliphatic carbocycles. The standard InChI is InChI=1S/C19H29BrO/c1-14(2)18-10-9-15(3)11-19(18)21-13-17(12-20)16-7-5-4-6-8-16/h4-8,14-15,17-19H,9-13H2,1-3H3. The van der Waals surface area contributed by atoms with Crippen molar-refractivity contribution in [2.45, 2.75) is 52.1 Å². The van der Waals surface area contributed by atoms with Gasteiger partial charge in [-0.3, -0.25) is 0 Å². The van der Waals surface area contributed by atoms with Crippen LogP contribution in [0.25, 0.3) is 0 Å². The Morgan fingerprint density at radius 1 is 1.19 bits per heavy atom. The summed E-state index contributed by atoms with van der Waals surface area (Å²) in [7, 11) is 0. The Balaban J connectivity index is 1.95. The first-order valence-corrected chi connectivity index (χ1v) is 9.46. The van der Waals surface area contributed by atoms with Gasteiger partial charge in [0, 0.05) is 11.2 Å². The van der Waals surface area contributed by atoms with Crippen molar-refractivity contribution in [3.05, 3.63) is 35.9 Å². The number of hydrogen-bond acceptors (Lipinski definition) is 1. The molecule has 1 aromatic carbocycles. The average Bonchev–Trinajstić information content (AvgIpc) is 2.48. The summed E-state index contributed by atoms with van der Waals surface area (Å²) in [6.07, 6.45) is 4.36. The van der Waals surface area contributed by atoms with Crippen molar-refractivity contribution in [2.24, 2.45) is 17.8 Å². The van der Waals surface area contributed by atoms with Crippen molar-refractivity contribution in [3.8, 4) is 0 Å². The molecule has 1 aliphatic rings. The largest absolute Gasteiger partial charge is 0.377 e. The molecule has 118 valence electrons. The SMILES string of the molecule is CC1CCC(C(C)C)C(OCC(CBr)c2ccccc2)C1. The van der Waals surface area contributed by atoms with E-state index in [0.717, 1.165) is 29.7 Å². The lowest BCUT2D eigenvalue weighted by molar-refractivity contribution is -0.0418. The Morgan fingerprint density at radius 2 is 1.90 bits per heavy atom. The van der Waals surface area contributed by atoms with Crippen LogP contribution in [0.4, 0.5) is 0 Å². The Bertz CT molecular complexity index is 403. The second-order valence-corrected chi connectivity index (χ2v) is 7.61. The first-order chi connectivity index (χ1) is 10.1. The molecule has 0 N–H and O–H groups in total. The van der Waals surface area contributed by atoms with Gasteiger partial charge in [0.25, 0.3) is 0 Å². The van der Waals surface area contributed by atoms with E-state index in [4.69, 9.17) is 4.74 Å². The summed E-state index contributed by atoms with van der Waals surface area (Å²) in [5, 5.41) is 0.964. The number of ether oxygens (including phenoxy) is 1. The molecular formula is C19H29BrO. The van der Waals surface area contributed by atoms with Crippen LogP contribution < -0.4 is 0 Å². The third-order valence-electron chi connectivity index (χ3n) is 4.93. The zero-order valence-electron chi connectivity index (χ0n) is 13.6. The summed E-state index contributed by atoms with van der Waals surface area (Å²) >= 11 is 3.65. The third-order valence-corrected chi connectivity index (χ3v) is 5.71. The summed E-state index contributed by atoms with van der Waals surface area (Å²) in [6.45, 7) is 7.88. The molecule has 1 fully saturated rings. The molecule has 2 rings (SSSR count). The molecule has 2 heteroatoms. The molecule has 0 spiro atoms. The van der Waals surface area contributed by atoms with Gasteiger partial charge in [0.1, 0.15) is 0 Å². The Morgan fingerprint density at radius 3 is 2.52 bits per heavy atom. The van der Waals surface area contributed by atoms with Gasteiger partial charge in [-0.05, 0) is 36.2 Å². The van der Waals surface area contributed by atoms with E-state index in [1.807, 2.05) is 0 Å². The van der Waals surface area contributed by atoms with Gasteiger partial charge in [-0.2, -0.15) is 0 Å². The highest BCUT2D eigenvalue weighted by atomic mass is 79.9. The third kappa shape index (κ3) is 4.82. The van der Waals surface area contributed by atoms with Gasteiger partial charge < -0.3 is 4.74 Å². The van der Waals surface area contributed by atoms with Crippen LogP contribution in [0.1, 0.15) is 51.5 Å². The topological polar surface area (TPSA) is 9.23 Å². The van der Waals surface area contributed by atoms with Crippen molar-refractivity contribution < 1.29 is 4.74 Å². The molecule has 1 nitrogen and oxygen atoms in total. The summed E-state index contributed by atoms with van der Waals surface area (Å²) in [5.41, 5.74) is 1.37. The van der Waals surface area contributed by atoms with Crippen LogP contribution in [0.3, 0.4) is 0 Å². The van der Waals surface area contributed by atoms with E-state index in [1.54, 1.807) is 0 Å². The second-order valence-electron chi connectivity index (χ2n) is 6.96. The van der Waals surface area contributed by atoms with Gasteiger partial charge in [-0.1, -0.05) is 73.5 Å². The average molecular weight is 353 g/mol. The van der Waals surface area contributed by atoms with Crippen molar-refractivity contribution in [3.63, 3.8) is 0 Å². The van der Waals surface area contributed by atoms with Crippen molar-refractivity contribution in [1.29, 1.82) is 0 Å². The molecule has 0 aliphatic heterocycles. The van der Waals surface area contributed by atoms with E-state index in [9.17, 15) is 0 Å². The fourth-order valence-electron chi connectivity index (χ4n) is 3.50. The van der Waals surface area contributed by atoms with E-state index in [-0.39, 0.29) is 0 Å². The highest BCUT2D eigenvalue weighted by Crippen LogP contribution is 2.36. The molecule has 1 saturated carbocycles. The van der Waals surface area contributed by atoms with Crippen LogP contribution in [-0.2, 0) is 4.74 Å². The lowest BCUT2D eigenvalue weighted by atomic mass is 9.75. The van der Waals surface area contributed by atoms with E-state index >= 15 is 0 Å². The highest BCUT2D eigenvalue weighted by molar-refractivity contribution is 9.09. The summed E-state index contributed by atoms with van der Waals surface area (Å²) in [5.74, 6) is 2.72. The van der Waals surface area contributed by atoms with Gasteiger partial charge in [0.2, 0.25) is 0 Å². The molecule has 4 unspecified atom stereocenters. The van der Waals surface area contributed by atoms with Crippen LogP contribution in [0.15, 0.2) is 30.3 Å². The minimum absolute atomic E-state index is 0.444. The number of rotatable bonds is 6. The molecule has 4 atom stereocenters. The highest BCUT2D eigenvalue weighted by Gasteiger charge is 2.31. The van der Waals surface area contributed by atoms with Crippen LogP contribution in [0, 0.1) is 17.8 Å². The molecule has 21 heavy (non-hydrogen) atoms. The number of alkyl halides is 1. The number of halogens is 1. The van der Waals surface area contributed by atoms with E-state index in [0.29, 0.717) is 12.0 Å². The minimum atomic E-state index is 0.444. The molecule has 1 aromatic rings. The monoisotopic (exact) mass is 352 g/mol. The van der Waals surface area contributed by atoms with Gasteiger partial charge in [0.15, 0.2) is 0 Å². The smallest absolute Gasteiger partial charge is 0.0608 e. The quantitative estimate of drug-likeness (QED) is 0.601. The van der Waals surface area contributed by atoms with Crippen molar-refractivity contribution in [1.82, 2.24) is 0 Å². The fraction of sp³-hybridized carbons (Fsp3) is 0.684. The number of benzene rings is 1. The first kappa shape index (κ1) is 17.0. The van der Waals surface area contributed by atoms with E-state index in [1.165, 1.54) is 24.8 Å². The Labute approximate surface area is 138 Å². The molecule has 0 aromatic heterocycles. The normalized spacial score (nSPS) is 27.8. The molecule has 0 heterocycles. The Kier molecular flexibility index (Phi) is 6.75. The zero-order valence-corrected chi connectivity index (χ0v) is 15.2. The maximum atomic E-state index is 6.40. The van der Waals surface area contributed by atoms with Crippen LogP contribution in [-0.4, -0.2) is 18.0 Å². The van der Waals surface area contributed by atoms with Gasteiger partial charge >= 0.3 is 0 Å². The number of hydrogen-bond donors (Lipinski definition) is 0. The predicted octanol–water partition coefficient (Wildman–Crippen LogP) is 5.64. The van der Waals surface area contributed by atoms with Crippen molar-refractivity contribution in [2.75, 3.05) is 11.9 Å². The maximum absolute atomic E-state index is 6.40. The summed E-state index contributed by atoms with van der Waals surface area (Å²) in [4.78, 5) is 0. The molecule has 0 saturated heterocycles. The first-order valence-electron chi connectivity index (χ1n) is 8.34. The maximum Gasteiger partial charge on any atom is 0.0608 e. The van der Waals surface area contributed by atoms with Crippen LogP contribution in [0.2, 0.25) is 0 Å². The molecule has 0 amide bonds. The fourth-order valence-corrected chi connectivity index (χ4v) is 4.06. The van der Waals surface area contributed by atoms with E-state index < -0.39 is 0 Å². The lowest BCUT2D eigenvalue weighted by Gasteiger charge is -2.37. The van der Waals surface area contributed by atoms with E-state index in [2.05, 4.69) is 67.0 Å². The molecule has 0 radical (unpaired) electrons. The zero-order chi connectivity index (χ0) is 15.2. The summed E-state index contributed by atoms with van der Waals surface area (Å²) in [6, 6.07) is 10.7. The summed E-state index contributed by atoms with van der Waals surface area (Å²) < 4.78 is 6.40. The second kappa shape index (κ2) is 8.33. The Hall–Kier alpha value is -0.340.